The molecule has 0 amide bonds. The zero-order valence-corrected chi connectivity index (χ0v) is 18.3. The monoisotopic (exact) mass is 528 g/mol. The van der Waals surface area contributed by atoms with Crippen molar-refractivity contribution in [2.24, 2.45) is 0 Å². The Kier molecular flexibility index (Phi) is 6.06. The van der Waals surface area contributed by atoms with Crippen molar-refractivity contribution in [2.45, 2.75) is 0 Å². The third kappa shape index (κ3) is 4.13. The van der Waals surface area contributed by atoms with E-state index >= 15 is 0 Å². The van der Waals surface area contributed by atoms with Crippen LogP contribution in [0.4, 0.5) is 0 Å². The molecule has 0 radical (unpaired) electrons. The third-order valence-corrected chi connectivity index (χ3v) is 6.04. The SMILES string of the molecule is N#C/C(=C\c1cc(Br)c(O)c(Br)c1)c1nc(-c2ccc(Cl)cc2Cl)cs1. The number of nitriles is 1. The van der Waals surface area contributed by atoms with Crippen LogP contribution in [0.5, 0.6) is 5.75 Å². The summed E-state index contributed by atoms with van der Waals surface area (Å²) >= 11 is 20.1. The maximum Gasteiger partial charge on any atom is 0.143 e. The summed E-state index contributed by atoms with van der Waals surface area (Å²) in [5.41, 5.74) is 2.60. The molecule has 0 aliphatic carbocycles. The Hall–Kier alpha value is -1.36. The number of aromatic nitrogens is 1. The number of hydrogen-bond donors (Lipinski definition) is 1. The molecule has 3 rings (SSSR count). The second-order valence-electron chi connectivity index (χ2n) is 5.17. The number of aromatic hydroxyl groups is 1. The summed E-state index contributed by atoms with van der Waals surface area (Å²) in [6.45, 7) is 0. The number of halogens is 4. The predicted molar refractivity (Wildman–Crippen MR) is 115 cm³/mol. The first kappa shape index (κ1) is 19.4. The highest BCUT2D eigenvalue weighted by Gasteiger charge is 2.13. The molecule has 130 valence electrons. The number of nitrogens with zero attached hydrogens (tertiary/aromatic N) is 2. The van der Waals surface area contributed by atoms with E-state index in [9.17, 15) is 10.4 Å². The standard InChI is InChI=1S/C18H8Br2Cl2N2OS/c19-13-4-9(5-14(20)17(13)25)3-10(7-23)18-24-16(8-26-18)12-2-1-11(21)6-15(12)22/h1-6,8,25H/b10-3+. The number of benzene rings is 2. The Morgan fingerprint density at radius 2 is 1.88 bits per heavy atom. The van der Waals surface area contributed by atoms with E-state index in [2.05, 4.69) is 42.9 Å². The first-order valence-electron chi connectivity index (χ1n) is 7.10. The van der Waals surface area contributed by atoms with E-state index in [1.165, 1.54) is 11.3 Å². The van der Waals surface area contributed by atoms with Crippen LogP contribution in [-0.2, 0) is 0 Å². The molecule has 1 aromatic heterocycles. The van der Waals surface area contributed by atoms with E-state index in [1.807, 2.05) is 5.38 Å². The molecule has 0 unspecified atom stereocenters. The molecule has 8 heteroatoms. The van der Waals surface area contributed by atoms with E-state index in [1.54, 1.807) is 36.4 Å². The van der Waals surface area contributed by atoms with Crippen LogP contribution < -0.4 is 0 Å². The van der Waals surface area contributed by atoms with E-state index in [-0.39, 0.29) is 5.75 Å². The molecular weight excluding hydrogens is 523 g/mol. The molecule has 0 saturated heterocycles. The van der Waals surface area contributed by atoms with Crippen molar-refractivity contribution in [3.63, 3.8) is 0 Å². The lowest BCUT2D eigenvalue weighted by Crippen LogP contribution is -1.84. The van der Waals surface area contributed by atoms with Gasteiger partial charge in [0.15, 0.2) is 0 Å². The molecule has 0 aliphatic rings. The van der Waals surface area contributed by atoms with E-state index < -0.39 is 0 Å². The fraction of sp³-hybridized carbons (Fsp3) is 0. The average Bonchev–Trinajstić information content (AvgIpc) is 3.07. The van der Waals surface area contributed by atoms with Crippen molar-refractivity contribution in [3.8, 4) is 23.1 Å². The fourth-order valence-corrected chi connectivity index (χ4v) is 4.71. The minimum atomic E-state index is 0.106. The summed E-state index contributed by atoms with van der Waals surface area (Å²) in [6.07, 6.45) is 1.71. The molecule has 0 saturated carbocycles. The van der Waals surface area contributed by atoms with Gasteiger partial charge >= 0.3 is 0 Å². The van der Waals surface area contributed by atoms with Crippen LogP contribution in [0.3, 0.4) is 0 Å². The normalized spacial score (nSPS) is 11.4. The zero-order valence-electron chi connectivity index (χ0n) is 12.8. The molecule has 0 spiro atoms. The smallest absolute Gasteiger partial charge is 0.143 e. The number of thiazole rings is 1. The van der Waals surface area contributed by atoms with Crippen LogP contribution >= 0.6 is 66.4 Å². The minimum Gasteiger partial charge on any atom is -0.506 e. The lowest BCUT2D eigenvalue weighted by atomic mass is 10.1. The molecule has 2 aromatic carbocycles. The van der Waals surface area contributed by atoms with Crippen molar-refractivity contribution >= 4 is 78.0 Å². The summed E-state index contributed by atoms with van der Waals surface area (Å²) in [4.78, 5) is 4.53. The van der Waals surface area contributed by atoms with E-state index in [0.29, 0.717) is 35.3 Å². The minimum absolute atomic E-state index is 0.106. The van der Waals surface area contributed by atoms with E-state index in [0.717, 1.165) is 11.1 Å². The number of allylic oxidation sites excluding steroid dienone is 1. The molecule has 26 heavy (non-hydrogen) atoms. The number of rotatable bonds is 3. The van der Waals surface area contributed by atoms with Gasteiger partial charge in [-0.2, -0.15) is 5.26 Å². The van der Waals surface area contributed by atoms with Crippen LogP contribution in [0.15, 0.2) is 44.7 Å². The number of phenolic OH excluding ortho intramolecular Hbond substituents is 1. The highest BCUT2D eigenvalue weighted by atomic mass is 79.9. The lowest BCUT2D eigenvalue weighted by molar-refractivity contribution is 0.468. The second-order valence-corrected chi connectivity index (χ2v) is 8.58. The molecule has 0 bridgehead atoms. The van der Waals surface area contributed by atoms with Gasteiger partial charge in [0.25, 0.3) is 0 Å². The summed E-state index contributed by atoms with van der Waals surface area (Å²) in [5, 5.41) is 22.8. The van der Waals surface area contributed by atoms with Gasteiger partial charge in [-0.1, -0.05) is 23.2 Å². The van der Waals surface area contributed by atoms with Crippen molar-refractivity contribution in [1.82, 2.24) is 4.98 Å². The van der Waals surface area contributed by atoms with Crippen molar-refractivity contribution in [2.75, 3.05) is 0 Å². The molecule has 0 atom stereocenters. The topological polar surface area (TPSA) is 56.9 Å². The summed E-state index contributed by atoms with van der Waals surface area (Å²) in [5.74, 6) is 0.106. The van der Waals surface area contributed by atoms with Gasteiger partial charge in [0.05, 0.1) is 25.2 Å². The Bertz CT molecular complexity index is 1050. The van der Waals surface area contributed by atoms with Crippen LogP contribution in [0.25, 0.3) is 22.9 Å². The molecule has 1 N–H and O–H groups in total. The Morgan fingerprint density at radius 3 is 2.50 bits per heavy atom. The molecular formula is C18H8Br2Cl2N2OS. The first-order valence-corrected chi connectivity index (χ1v) is 10.3. The van der Waals surface area contributed by atoms with Gasteiger partial charge in [0.2, 0.25) is 0 Å². The molecule has 0 fully saturated rings. The molecule has 0 aliphatic heterocycles. The quantitative estimate of drug-likeness (QED) is 0.359. The van der Waals surface area contributed by atoms with Crippen LogP contribution in [-0.4, -0.2) is 10.1 Å². The van der Waals surface area contributed by atoms with E-state index in [4.69, 9.17) is 23.2 Å². The van der Waals surface area contributed by atoms with Crippen LogP contribution in [0, 0.1) is 11.3 Å². The van der Waals surface area contributed by atoms with Crippen LogP contribution in [0.2, 0.25) is 10.0 Å². The van der Waals surface area contributed by atoms with Crippen molar-refractivity contribution in [1.29, 1.82) is 5.26 Å². The van der Waals surface area contributed by atoms with Crippen LogP contribution in [0.1, 0.15) is 10.6 Å². The van der Waals surface area contributed by atoms with Gasteiger partial charge in [-0.3, -0.25) is 0 Å². The number of hydrogen-bond acceptors (Lipinski definition) is 4. The largest absolute Gasteiger partial charge is 0.506 e. The summed E-state index contributed by atoms with van der Waals surface area (Å²) in [6, 6.07) is 10.8. The maximum absolute atomic E-state index is 9.80. The Labute approximate surface area is 180 Å². The predicted octanol–water partition coefficient (Wildman–Crippen LogP) is 7.41. The number of phenols is 1. The molecule has 3 aromatic rings. The molecule has 1 heterocycles. The van der Waals surface area contributed by atoms with Crippen molar-refractivity contribution in [3.05, 3.63) is 65.3 Å². The molecule has 3 nitrogen and oxygen atoms in total. The van der Waals surface area contributed by atoms with Gasteiger partial charge in [-0.15, -0.1) is 11.3 Å². The van der Waals surface area contributed by atoms with Gasteiger partial charge in [0.1, 0.15) is 16.8 Å². The zero-order chi connectivity index (χ0) is 18.8. The third-order valence-electron chi connectivity index (χ3n) is 3.41. The second kappa shape index (κ2) is 8.12. The Morgan fingerprint density at radius 1 is 1.19 bits per heavy atom. The van der Waals surface area contributed by atoms with Gasteiger partial charge in [0, 0.05) is 16.0 Å². The summed E-state index contributed by atoms with van der Waals surface area (Å²) < 4.78 is 1.06. The Balaban J connectivity index is 2.00. The summed E-state index contributed by atoms with van der Waals surface area (Å²) in [7, 11) is 0. The maximum atomic E-state index is 9.80. The van der Waals surface area contributed by atoms with Gasteiger partial charge in [-0.25, -0.2) is 4.98 Å². The van der Waals surface area contributed by atoms with Gasteiger partial charge in [-0.05, 0) is 73.8 Å². The van der Waals surface area contributed by atoms with Crippen molar-refractivity contribution < 1.29 is 5.11 Å². The highest BCUT2D eigenvalue weighted by molar-refractivity contribution is 9.11. The lowest BCUT2D eigenvalue weighted by Gasteiger charge is -2.03. The highest BCUT2D eigenvalue weighted by Crippen LogP contribution is 2.36. The average molecular weight is 531 g/mol. The van der Waals surface area contributed by atoms with Gasteiger partial charge < -0.3 is 5.11 Å². The fourth-order valence-electron chi connectivity index (χ4n) is 2.20. The first-order chi connectivity index (χ1) is 12.4.